The molecule has 0 bridgehead atoms. The van der Waals surface area contributed by atoms with E-state index < -0.39 is 0 Å². The van der Waals surface area contributed by atoms with Gasteiger partial charge < -0.3 is 15.4 Å². The fraction of sp³-hybridized carbons (Fsp3) is 0.692. The van der Waals surface area contributed by atoms with Gasteiger partial charge in [-0.15, -0.1) is 0 Å². The molecule has 2 amide bonds. The summed E-state index contributed by atoms with van der Waals surface area (Å²) < 4.78 is 7.39. The van der Waals surface area contributed by atoms with Crippen molar-refractivity contribution in [2.45, 2.75) is 44.9 Å². The van der Waals surface area contributed by atoms with Gasteiger partial charge >= 0.3 is 6.03 Å². The minimum Gasteiger partial charge on any atom is -0.376 e. The summed E-state index contributed by atoms with van der Waals surface area (Å²) in [5.41, 5.74) is 0. The number of rotatable bonds is 6. The first-order valence-electron chi connectivity index (χ1n) is 6.89. The van der Waals surface area contributed by atoms with Crippen molar-refractivity contribution < 1.29 is 9.53 Å². The van der Waals surface area contributed by atoms with E-state index in [1.165, 1.54) is 0 Å². The molecule has 1 aliphatic heterocycles. The molecule has 1 aliphatic rings. The summed E-state index contributed by atoms with van der Waals surface area (Å²) in [7, 11) is 0. The van der Waals surface area contributed by atoms with Crippen LogP contribution in [0.3, 0.4) is 0 Å². The van der Waals surface area contributed by atoms with Crippen molar-refractivity contribution in [3.63, 3.8) is 0 Å². The molecule has 2 N–H and O–H groups in total. The molecule has 1 aromatic heterocycles. The largest absolute Gasteiger partial charge is 0.376 e. The van der Waals surface area contributed by atoms with Crippen LogP contribution in [0.15, 0.2) is 18.5 Å². The number of carbonyl (C=O) groups is 1. The van der Waals surface area contributed by atoms with E-state index in [4.69, 9.17) is 4.74 Å². The molecule has 19 heavy (non-hydrogen) atoms. The lowest BCUT2D eigenvalue weighted by atomic mass is 10.1. The summed E-state index contributed by atoms with van der Waals surface area (Å²) in [5.74, 6) is 0. The fourth-order valence-corrected chi connectivity index (χ4v) is 2.22. The molecule has 2 rings (SSSR count). The lowest BCUT2D eigenvalue weighted by molar-refractivity contribution is 0.0860. The SMILES string of the molecule is C[C@H](NC(=O)NCCCn1cccn1)[C@H]1CCCO1. The van der Waals surface area contributed by atoms with Crippen molar-refractivity contribution in [3.8, 4) is 0 Å². The van der Waals surface area contributed by atoms with E-state index in [2.05, 4.69) is 15.7 Å². The number of urea groups is 1. The third-order valence-corrected chi connectivity index (χ3v) is 3.29. The van der Waals surface area contributed by atoms with Gasteiger partial charge in [-0.05, 0) is 32.3 Å². The van der Waals surface area contributed by atoms with Gasteiger partial charge in [0.15, 0.2) is 0 Å². The number of carbonyl (C=O) groups excluding carboxylic acids is 1. The van der Waals surface area contributed by atoms with Crippen molar-refractivity contribution in [1.29, 1.82) is 0 Å². The number of ether oxygens (including phenoxy) is 1. The standard InChI is InChI=1S/C13H22N4O2/c1-11(12-5-2-10-19-12)16-13(18)14-6-3-8-17-9-4-7-15-17/h4,7,9,11-12H,2-3,5-6,8,10H2,1H3,(H2,14,16,18)/t11-,12+/m0/s1. The first-order chi connectivity index (χ1) is 9.25. The minimum absolute atomic E-state index is 0.0635. The molecule has 2 atom stereocenters. The smallest absolute Gasteiger partial charge is 0.315 e. The quantitative estimate of drug-likeness (QED) is 0.759. The topological polar surface area (TPSA) is 68.2 Å². The minimum atomic E-state index is -0.122. The van der Waals surface area contributed by atoms with Crippen LogP contribution in [0.2, 0.25) is 0 Å². The zero-order chi connectivity index (χ0) is 13.5. The molecule has 1 fully saturated rings. The first kappa shape index (κ1) is 13.9. The molecule has 0 spiro atoms. The van der Waals surface area contributed by atoms with Gasteiger partial charge in [0.25, 0.3) is 0 Å². The summed E-state index contributed by atoms with van der Waals surface area (Å²) in [6.07, 6.45) is 6.81. The Kier molecular flexibility index (Phi) is 5.20. The number of hydrogen-bond acceptors (Lipinski definition) is 3. The lowest BCUT2D eigenvalue weighted by Crippen LogP contribution is -2.46. The number of aromatic nitrogens is 2. The molecular formula is C13H22N4O2. The van der Waals surface area contributed by atoms with E-state index in [1.54, 1.807) is 6.20 Å². The second-order valence-electron chi connectivity index (χ2n) is 4.86. The molecule has 0 radical (unpaired) electrons. The summed E-state index contributed by atoms with van der Waals surface area (Å²) >= 11 is 0. The predicted molar refractivity (Wildman–Crippen MR) is 71.8 cm³/mol. The number of nitrogens with zero attached hydrogens (tertiary/aromatic N) is 2. The van der Waals surface area contributed by atoms with Crippen LogP contribution in [0.5, 0.6) is 0 Å². The average molecular weight is 266 g/mol. The highest BCUT2D eigenvalue weighted by Gasteiger charge is 2.23. The molecule has 0 unspecified atom stereocenters. The molecule has 106 valence electrons. The maximum atomic E-state index is 11.7. The highest BCUT2D eigenvalue weighted by Crippen LogP contribution is 2.15. The zero-order valence-electron chi connectivity index (χ0n) is 11.3. The molecule has 6 nitrogen and oxygen atoms in total. The molecule has 1 aromatic rings. The van der Waals surface area contributed by atoms with Crippen LogP contribution in [0, 0.1) is 0 Å². The van der Waals surface area contributed by atoms with Crippen molar-refractivity contribution in [1.82, 2.24) is 20.4 Å². The number of amides is 2. The Morgan fingerprint density at radius 2 is 2.53 bits per heavy atom. The molecular weight excluding hydrogens is 244 g/mol. The van der Waals surface area contributed by atoms with Gasteiger partial charge in [-0.2, -0.15) is 5.10 Å². The summed E-state index contributed by atoms with van der Waals surface area (Å²) in [6.45, 7) is 4.25. The van der Waals surface area contributed by atoms with Gasteiger partial charge in [-0.1, -0.05) is 0 Å². The molecule has 2 heterocycles. The Hall–Kier alpha value is -1.56. The van der Waals surface area contributed by atoms with Gasteiger partial charge in [0.05, 0.1) is 12.1 Å². The van der Waals surface area contributed by atoms with E-state index in [9.17, 15) is 4.79 Å². The molecule has 0 aliphatic carbocycles. The maximum absolute atomic E-state index is 11.7. The Balaban J connectivity index is 1.56. The average Bonchev–Trinajstić information content (AvgIpc) is 3.07. The fourth-order valence-electron chi connectivity index (χ4n) is 2.22. The van der Waals surface area contributed by atoms with Crippen molar-refractivity contribution >= 4 is 6.03 Å². The van der Waals surface area contributed by atoms with E-state index in [-0.39, 0.29) is 18.2 Å². The van der Waals surface area contributed by atoms with Crippen LogP contribution < -0.4 is 10.6 Å². The van der Waals surface area contributed by atoms with E-state index in [1.807, 2.05) is 23.9 Å². The van der Waals surface area contributed by atoms with Gasteiger partial charge in [0.1, 0.15) is 0 Å². The monoisotopic (exact) mass is 266 g/mol. The van der Waals surface area contributed by atoms with Crippen LogP contribution in [0.1, 0.15) is 26.2 Å². The highest BCUT2D eigenvalue weighted by molar-refractivity contribution is 5.74. The molecule has 0 saturated carbocycles. The molecule has 0 aromatic carbocycles. The van der Waals surface area contributed by atoms with E-state index in [0.29, 0.717) is 6.54 Å². The number of hydrogen-bond donors (Lipinski definition) is 2. The van der Waals surface area contributed by atoms with Gasteiger partial charge in [0.2, 0.25) is 0 Å². The summed E-state index contributed by atoms with van der Waals surface area (Å²) in [6, 6.07) is 1.83. The maximum Gasteiger partial charge on any atom is 0.315 e. The van der Waals surface area contributed by atoms with Crippen LogP contribution >= 0.6 is 0 Å². The van der Waals surface area contributed by atoms with Gasteiger partial charge in [-0.25, -0.2) is 4.79 Å². The zero-order valence-corrected chi connectivity index (χ0v) is 11.3. The Labute approximate surface area is 113 Å². The lowest BCUT2D eigenvalue weighted by Gasteiger charge is -2.20. The van der Waals surface area contributed by atoms with Crippen LogP contribution in [-0.2, 0) is 11.3 Å². The van der Waals surface area contributed by atoms with Gasteiger partial charge in [0, 0.05) is 32.1 Å². The second kappa shape index (κ2) is 7.13. The number of aryl methyl sites for hydroxylation is 1. The van der Waals surface area contributed by atoms with Gasteiger partial charge in [-0.3, -0.25) is 4.68 Å². The van der Waals surface area contributed by atoms with Crippen LogP contribution in [0.25, 0.3) is 0 Å². The normalized spacial score (nSPS) is 20.2. The summed E-state index contributed by atoms with van der Waals surface area (Å²) in [4.78, 5) is 11.7. The third-order valence-electron chi connectivity index (χ3n) is 3.29. The third kappa shape index (κ3) is 4.55. The van der Waals surface area contributed by atoms with Crippen molar-refractivity contribution in [3.05, 3.63) is 18.5 Å². The first-order valence-corrected chi connectivity index (χ1v) is 6.89. The second-order valence-corrected chi connectivity index (χ2v) is 4.86. The van der Waals surface area contributed by atoms with E-state index in [0.717, 1.165) is 32.4 Å². The van der Waals surface area contributed by atoms with Crippen molar-refractivity contribution in [2.75, 3.05) is 13.2 Å². The Bertz CT molecular complexity index is 374. The summed E-state index contributed by atoms with van der Waals surface area (Å²) in [5, 5.41) is 9.88. The Morgan fingerprint density at radius 3 is 3.21 bits per heavy atom. The number of nitrogens with one attached hydrogen (secondary N) is 2. The Morgan fingerprint density at radius 1 is 1.63 bits per heavy atom. The predicted octanol–water partition coefficient (Wildman–Crippen LogP) is 1.14. The molecule has 1 saturated heterocycles. The van der Waals surface area contributed by atoms with E-state index >= 15 is 0 Å². The van der Waals surface area contributed by atoms with Crippen molar-refractivity contribution in [2.24, 2.45) is 0 Å². The highest BCUT2D eigenvalue weighted by atomic mass is 16.5. The van der Waals surface area contributed by atoms with Crippen LogP contribution in [0.4, 0.5) is 4.79 Å². The van der Waals surface area contributed by atoms with Crippen LogP contribution in [-0.4, -0.2) is 41.1 Å². The molecule has 6 heteroatoms.